The molecule has 0 N–H and O–H groups in total. The third-order valence-corrected chi connectivity index (χ3v) is 9.63. The molecule has 0 radical (unpaired) electrons. The van der Waals surface area contributed by atoms with Gasteiger partial charge < -0.3 is 23.5 Å². The van der Waals surface area contributed by atoms with Crippen molar-refractivity contribution >= 4 is 27.6 Å². The number of carbonyl (C=O) groups excluding carboxylic acids is 1. The Hall–Kier alpha value is -2.05. The average Bonchev–Trinajstić information content (AvgIpc) is 3.74. The fourth-order valence-corrected chi connectivity index (χ4v) is 6.38. The Labute approximate surface area is 288 Å². The van der Waals surface area contributed by atoms with Crippen LogP contribution in [0.4, 0.5) is 4.79 Å². The van der Waals surface area contributed by atoms with Gasteiger partial charge in [-0.15, -0.1) is 0 Å². The molecule has 1 aliphatic heterocycles. The van der Waals surface area contributed by atoms with Crippen molar-refractivity contribution in [1.82, 2.24) is 0 Å². The van der Waals surface area contributed by atoms with Crippen LogP contribution >= 0.6 is 11.3 Å². The Morgan fingerprint density at radius 1 is 0.872 bits per heavy atom. The highest BCUT2D eigenvalue weighted by molar-refractivity contribution is 7.85. The standard InChI is InChI=1S/C29H52NO5S.C7H8O3S/c1-2-3-4-5-6-7-8-9-10-11-12-13-16-19-28-33-24-27(35-28)25-34-29(31)32-22-18-15-14-17-20-30-21-23-36-26-30;1-6-2-4-7(5-3-6)11(8,9)10/h21,23,26-28H,2-20,22,24-25H2,1H3;2-5H,1H3,(H,8,9,10)/q+1;/p-1/t27-,28+;/m1./s1. The molecule has 47 heavy (non-hydrogen) atoms. The van der Waals surface area contributed by atoms with Crippen molar-refractivity contribution in [2.24, 2.45) is 0 Å². The fourth-order valence-electron chi connectivity index (χ4n) is 5.28. The van der Waals surface area contributed by atoms with Crippen molar-refractivity contribution in [2.45, 2.75) is 153 Å². The maximum absolute atomic E-state index is 11.8. The van der Waals surface area contributed by atoms with Crippen LogP contribution in [0.15, 0.2) is 46.2 Å². The van der Waals surface area contributed by atoms with Crippen LogP contribution in [0.5, 0.6) is 0 Å². The van der Waals surface area contributed by atoms with E-state index in [0.29, 0.717) is 13.2 Å². The van der Waals surface area contributed by atoms with Gasteiger partial charge in [-0.05, 0) is 51.2 Å². The first-order chi connectivity index (χ1) is 22.8. The number of unbranched alkanes of at least 4 members (excludes halogenated alkanes) is 15. The Kier molecular flexibility index (Phi) is 22.7. The molecular weight excluding hydrogens is 639 g/mol. The molecule has 268 valence electrons. The summed E-state index contributed by atoms with van der Waals surface area (Å²) >= 11 is 1.71. The predicted molar refractivity (Wildman–Crippen MR) is 184 cm³/mol. The molecule has 2 atom stereocenters. The summed E-state index contributed by atoms with van der Waals surface area (Å²) in [6.07, 6.45) is 23.9. The number of aromatic nitrogens is 1. The Morgan fingerprint density at radius 2 is 1.47 bits per heavy atom. The van der Waals surface area contributed by atoms with Gasteiger partial charge in [0.1, 0.15) is 29.4 Å². The first-order valence-electron chi connectivity index (χ1n) is 17.8. The van der Waals surface area contributed by atoms with Crippen LogP contribution < -0.4 is 4.57 Å². The molecule has 1 aromatic heterocycles. The molecule has 1 fully saturated rings. The smallest absolute Gasteiger partial charge is 0.508 e. The van der Waals surface area contributed by atoms with Crippen molar-refractivity contribution in [3.63, 3.8) is 0 Å². The van der Waals surface area contributed by atoms with Gasteiger partial charge in [0.25, 0.3) is 0 Å². The van der Waals surface area contributed by atoms with Crippen molar-refractivity contribution in [3.05, 3.63) is 46.9 Å². The second-order valence-electron chi connectivity index (χ2n) is 12.4. The first kappa shape index (κ1) is 41.1. The van der Waals surface area contributed by atoms with Gasteiger partial charge in [0.05, 0.1) is 23.5 Å². The number of aryl methyl sites for hydroxylation is 2. The molecule has 1 aromatic carbocycles. The quantitative estimate of drug-likeness (QED) is 0.0463. The number of benzene rings is 1. The minimum atomic E-state index is -4.27. The molecule has 0 spiro atoms. The van der Waals surface area contributed by atoms with E-state index < -0.39 is 16.3 Å². The lowest BCUT2D eigenvalue weighted by molar-refractivity contribution is -0.692. The van der Waals surface area contributed by atoms with E-state index in [4.69, 9.17) is 18.9 Å². The lowest BCUT2D eigenvalue weighted by Gasteiger charge is -2.12. The van der Waals surface area contributed by atoms with Crippen LogP contribution in [0, 0.1) is 6.92 Å². The zero-order chi connectivity index (χ0) is 34.0. The third kappa shape index (κ3) is 21.5. The maximum atomic E-state index is 11.8. The van der Waals surface area contributed by atoms with Crippen molar-refractivity contribution < 1.29 is 41.3 Å². The van der Waals surface area contributed by atoms with Gasteiger partial charge in [-0.1, -0.05) is 113 Å². The second kappa shape index (κ2) is 25.9. The Morgan fingerprint density at radius 3 is 2.06 bits per heavy atom. The minimum absolute atomic E-state index is 0.158. The molecule has 11 heteroatoms. The number of ether oxygens (including phenoxy) is 4. The first-order valence-corrected chi connectivity index (χ1v) is 20.1. The number of hydrogen-bond donors (Lipinski definition) is 0. The Balaban J connectivity index is 0.000000587. The second-order valence-corrected chi connectivity index (χ2v) is 14.5. The number of rotatable bonds is 24. The van der Waals surface area contributed by atoms with Gasteiger partial charge in [-0.25, -0.2) is 13.2 Å². The molecular formula is C36H59NO8S2. The van der Waals surface area contributed by atoms with Gasteiger partial charge >= 0.3 is 6.16 Å². The monoisotopic (exact) mass is 697 g/mol. The molecule has 0 amide bonds. The largest absolute Gasteiger partial charge is 0.744 e. The van der Waals surface area contributed by atoms with E-state index in [0.717, 1.165) is 50.6 Å². The molecule has 0 bridgehead atoms. The minimum Gasteiger partial charge on any atom is -0.744 e. The summed E-state index contributed by atoms with van der Waals surface area (Å²) in [7, 11) is -4.27. The van der Waals surface area contributed by atoms with E-state index in [1.165, 1.54) is 89.2 Å². The lowest BCUT2D eigenvalue weighted by atomic mass is 10.0. The van der Waals surface area contributed by atoms with Crippen LogP contribution in [0.2, 0.25) is 0 Å². The van der Waals surface area contributed by atoms with E-state index in [1.807, 2.05) is 6.92 Å². The van der Waals surface area contributed by atoms with Crippen molar-refractivity contribution in [3.8, 4) is 0 Å². The molecule has 0 saturated carbocycles. The third-order valence-electron chi connectivity index (χ3n) is 8.11. The zero-order valence-electron chi connectivity index (χ0n) is 28.8. The van der Waals surface area contributed by atoms with Crippen molar-refractivity contribution in [1.29, 1.82) is 0 Å². The van der Waals surface area contributed by atoms with E-state index in [9.17, 15) is 17.8 Å². The normalized spacial score (nSPS) is 16.1. The predicted octanol–water partition coefficient (Wildman–Crippen LogP) is 8.87. The maximum Gasteiger partial charge on any atom is 0.508 e. The molecule has 1 aliphatic rings. The summed E-state index contributed by atoms with van der Waals surface area (Å²) in [5.74, 6) is 0. The highest BCUT2D eigenvalue weighted by Gasteiger charge is 2.26. The fraction of sp³-hybridized carbons (Fsp3) is 0.722. The van der Waals surface area contributed by atoms with Gasteiger partial charge in [0.2, 0.25) is 5.51 Å². The highest BCUT2D eigenvalue weighted by atomic mass is 32.2. The molecule has 2 heterocycles. The number of nitrogens with zero attached hydrogens (tertiary/aromatic N) is 1. The SMILES string of the molecule is CCCCCCCCCCCCCCC[C@H]1OC[C@H](COC(=O)OCCCCCC[n+]2ccsc2)O1.Cc1ccc(S(=O)(=O)[O-])cc1. The number of carbonyl (C=O) groups is 1. The van der Waals surface area contributed by atoms with Gasteiger partial charge in [0, 0.05) is 6.42 Å². The highest BCUT2D eigenvalue weighted by Crippen LogP contribution is 2.19. The van der Waals surface area contributed by atoms with Crippen LogP contribution in [-0.2, 0) is 35.6 Å². The molecule has 1 saturated heterocycles. The molecule has 9 nitrogen and oxygen atoms in total. The zero-order valence-corrected chi connectivity index (χ0v) is 30.4. The summed E-state index contributed by atoms with van der Waals surface area (Å²) in [6.45, 7) is 6.24. The van der Waals surface area contributed by atoms with Crippen LogP contribution in [0.1, 0.15) is 128 Å². The van der Waals surface area contributed by atoms with Crippen LogP contribution in [-0.4, -0.2) is 51.3 Å². The molecule has 2 aromatic rings. The van der Waals surface area contributed by atoms with Gasteiger partial charge in [-0.3, -0.25) is 0 Å². The van der Waals surface area contributed by atoms with E-state index in [1.54, 1.807) is 23.5 Å². The topological polar surface area (TPSA) is 115 Å². The van der Waals surface area contributed by atoms with E-state index >= 15 is 0 Å². The van der Waals surface area contributed by atoms with Crippen LogP contribution in [0.3, 0.4) is 0 Å². The average molecular weight is 698 g/mol. The summed E-state index contributed by atoms with van der Waals surface area (Å²) in [5.41, 5.74) is 3.05. The molecule has 3 rings (SSSR count). The summed E-state index contributed by atoms with van der Waals surface area (Å²) in [5, 5.41) is 2.09. The van der Waals surface area contributed by atoms with Gasteiger partial charge in [-0.2, -0.15) is 4.57 Å². The van der Waals surface area contributed by atoms with Crippen molar-refractivity contribution in [2.75, 3.05) is 19.8 Å². The molecule has 0 aliphatic carbocycles. The van der Waals surface area contributed by atoms with E-state index in [-0.39, 0.29) is 23.9 Å². The van der Waals surface area contributed by atoms with Gasteiger partial charge in [0.15, 0.2) is 12.5 Å². The number of thiazole rings is 1. The summed E-state index contributed by atoms with van der Waals surface area (Å²) < 4.78 is 55.3. The number of hydrogen-bond acceptors (Lipinski definition) is 9. The lowest BCUT2D eigenvalue weighted by Crippen LogP contribution is -2.29. The van der Waals surface area contributed by atoms with Crippen LogP contribution in [0.25, 0.3) is 0 Å². The summed E-state index contributed by atoms with van der Waals surface area (Å²) in [6, 6.07) is 5.78. The Bertz CT molecular complexity index is 1140. The van der Waals surface area contributed by atoms with E-state index in [2.05, 4.69) is 28.6 Å². The molecule has 0 unspecified atom stereocenters. The summed E-state index contributed by atoms with van der Waals surface area (Å²) in [4.78, 5) is 11.6.